The van der Waals surface area contributed by atoms with E-state index in [0.717, 1.165) is 55.0 Å². The Kier molecular flexibility index (Phi) is 6.73. The van der Waals surface area contributed by atoms with Gasteiger partial charge in [0, 0.05) is 67.7 Å². The van der Waals surface area contributed by atoms with E-state index in [0.29, 0.717) is 23.4 Å². The minimum absolute atomic E-state index is 0.0423. The van der Waals surface area contributed by atoms with Crippen LogP contribution in [0.15, 0.2) is 83.4 Å². The van der Waals surface area contributed by atoms with Crippen molar-refractivity contribution in [3.8, 4) is 17.2 Å². The van der Waals surface area contributed by atoms with Crippen LogP contribution in [0.2, 0.25) is 0 Å². The Morgan fingerprint density at radius 3 is 2.78 bits per heavy atom. The normalized spacial score (nSPS) is 25.2. The Balaban J connectivity index is 1.08. The summed E-state index contributed by atoms with van der Waals surface area (Å²) in [5, 5.41) is 13.0. The van der Waals surface area contributed by atoms with Crippen LogP contribution in [0.5, 0.6) is 0 Å². The molecule has 3 saturated heterocycles. The second-order valence-electron chi connectivity index (χ2n) is 11.4. The van der Waals surface area contributed by atoms with Crippen LogP contribution in [0, 0.1) is 11.3 Å². The fourth-order valence-corrected chi connectivity index (χ4v) is 6.65. The molecule has 8 nitrogen and oxygen atoms in total. The van der Waals surface area contributed by atoms with Crippen molar-refractivity contribution in [3.63, 3.8) is 0 Å². The van der Waals surface area contributed by atoms with Crippen LogP contribution >= 0.6 is 0 Å². The summed E-state index contributed by atoms with van der Waals surface area (Å²) in [6.45, 7) is 2.85. The first-order chi connectivity index (χ1) is 20.2. The van der Waals surface area contributed by atoms with E-state index >= 15 is 0 Å². The lowest BCUT2D eigenvalue weighted by Gasteiger charge is -2.56. The number of dihydropyridines is 1. The average Bonchev–Trinajstić information content (AvgIpc) is 3.17. The molecule has 8 rings (SSSR count). The smallest absolute Gasteiger partial charge is 0.138 e. The summed E-state index contributed by atoms with van der Waals surface area (Å²) < 4.78 is 0. The lowest BCUT2D eigenvalue weighted by molar-refractivity contribution is 0.00937. The second-order valence-corrected chi connectivity index (χ2v) is 11.4. The number of anilines is 1. The van der Waals surface area contributed by atoms with Gasteiger partial charge in [0.2, 0.25) is 0 Å². The Labute approximate surface area is 241 Å². The van der Waals surface area contributed by atoms with E-state index in [1.807, 2.05) is 24.8 Å². The molecule has 0 amide bonds. The molecule has 8 heteroatoms. The largest absolute Gasteiger partial charge is 0.403 e. The molecular formula is C33H34N8. The number of nitrogens with zero attached hydrogens (tertiary/aromatic N) is 6. The van der Waals surface area contributed by atoms with Crippen molar-refractivity contribution in [2.75, 3.05) is 24.5 Å². The fourth-order valence-electron chi connectivity index (χ4n) is 6.65. The van der Waals surface area contributed by atoms with Gasteiger partial charge in [0.1, 0.15) is 18.1 Å². The maximum absolute atomic E-state index is 9.70. The van der Waals surface area contributed by atoms with Crippen molar-refractivity contribution in [2.24, 2.45) is 10.7 Å². The van der Waals surface area contributed by atoms with Gasteiger partial charge in [-0.05, 0) is 97.0 Å². The molecule has 0 spiro atoms. The van der Waals surface area contributed by atoms with E-state index in [-0.39, 0.29) is 6.17 Å². The number of piperazine rings is 1. The molecule has 0 saturated carbocycles. The van der Waals surface area contributed by atoms with Gasteiger partial charge in [-0.3, -0.25) is 14.9 Å². The third-order valence-corrected chi connectivity index (χ3v) is 8.83. The molecule has 2 aromatic heterocycles. The van der Waals surface area contributed by atoms with Gasteiger partial charge in [-0.15, -0.1) is 0 Å². The highest BCUT2D eigenvalue weighted by Crippen LogP contribution is 2.36. The van der Waals surface area contributed by atoms with Gasteiger partial charge in [0.15, 0.2) is 0 Å². The van der Waals surface area contributed by atoms with E-state index in [4.69, 9.17) is 15.7 Å². The summed E-state index contributed by atoms with van der Waals surface area (Å²) in [5.41, 5.74) is 13.5. The number of piperidine rings is 1. The van der Waals surface area contributed by atoms with Crippen LogP contribution < -0.4 is 16.0 Å². The van der Waals surface area contributed by atoms with Crippen LogP contribution in [-0.2, 0) is 0 Å². The minimum atomic E-state index is 0.0423. The highest BCUT2D eigenvalue weighted by molar-refractivity contribution is 5.86. The Morgan fingerprint density at radius 1 is 1.15 bits per heavy atom. The Bertz CT molecular complexity index is 1560. The molecule has 4 bridgehead atoms. The van der Waals surface area contributed by atoms with Gasteiger partial charge in [-0.2, -0.15) is 5.26 Å². The monoisotopic (exact) mass is 542 g/mol. The quantitative estimate of drug-likeness (QED) is 0.515. The summed E-state index contributed by atoms with van der Waals surface area (Å²) in [7, 11) is 0. The minimum Gasteiger partial charge on any atom is -0.403 e. The zero-order chi connectivity index (χ0) is 27.8. The Hall–Kier alpha value is -4.48. The van der Waals surface area contributed by atoms with Crippen LogP contribution in [-0.4, -0.2) is 59.0 Å². The summed E-state index contributed by atoms with van der Waals surface area (Å²) in [6.07, 6.45) is 23.8. The van der Waals surface area contributed by atoms with E-state index in [1.165, 1.54) is 42.2 Å². The third kappa shape index (κ3) is 4.98. The maximum atomic E-state index is 9.70. The number of allylic oxidation sites excluding steroid dienone is 6. The molecule has 0 aromatic carbocycles. The molecule has 1 aliphatic carbocycles. The highest BCUT2D eigenvalue weighted by Gasteiger charge is 2.44. The average molecular weight is 543 g/mol. The predicted molar refractivity (Wildman–Crippen MR) is 164 cm³/mol. The van der Waals surface area contributed by atoms with Crippen LogP contribution in [0.3, 0.4) is 0 Å². The molecule has 5 aliphatic heterocycles. The van der Waals surface area contributed by atoms with Crippen LogP contribution in [0.25, 0.3) is 22.3 Å². The van der Waals surface area contributed by atoms with E-state index in [2.05, 4.69) is 68.7 Å². The highest BCUT2D eigenvalue weighted by atomic mass is 15.4. The fraction of sp³-hybridized carbons (Fsp3) is 0.333. The molecule has 3 fully saturated rings. The van der Waals surface area contributed by atoms with Crippen molar-refractivity contribution < 1.29 is 0 Å². The number of hydrogen-bond donors (Lipinski definition) is 2. The van der Waals surface area contributed by atoms with Crippen molar-refractivity contribution in [3.05, 3.63) is 89.7 Å². The van der Waals surface area contributed by atoms with Gasteiger partial charge in [-0.1, -0.05) is 6.08 Å². The van der Waals surface area contributed by atoms with Crippen LogP contribution in [0.1, 0.15) is 43.4 Å². The van der Waals surface area contributed by atoms with Gasteiger partial charge in [0.05, 0.1) is 11.3 Å². The van der Waals surface area contributed by atoms with Crippen molar-refractivity contribution in [1.29, 1.82) is 5.26 Å². The molecule has 3 unspecified atom stereocenters. The molecule has 206 valence electrons. The third-order valence-electron chi connectivity index (χ3n) is 8.83. The molecular weight excluding hydrogens is 508 g/mol. The summed E-state index contributed by atoms with van der Waals surface area (Å²) in [5.74, 6) is 0.990. The number of aliphatic imine (C=N–C) groups is 1. The summed E-state index contributed by atoms with van der Waals surface area (Å²) >= 11 is 0. The van der Waals surface area contributed by atoms with Gasteiger partial charge in [0.25, 0.3) is 0 Å². The number of nitrogens with two attached hydrogens (primary N) is 1. The molecule has 41 heavy (non-hydrogen) atoms. The number of aromatic nitrogens is 2. The van der Waals surface area contributed by atoms with E-state index in [9.17, 15) is 5.26 Å². The van der Waals surface area contributed by atoms with Gasteiger partial charge < -0.3 is 16.0 Å². The first-order valence-corrected chi connectivity index (χ1v) is 14.6. The zero-order valence-corrected chi connectivity index (χ0v) is 23.1. The summed E-state index contributed by atoms with van der Waals surface area (Å²) in [6, 6.07) is 9.58. The van der Waals surface area contributed by atoms with Crippen molar-refractivity contribution in [2.45, 2.75) is 50.4 Å². The number of nitriles is 1. The first-order valence-electron chi connectivity index (χ1n) is 14.6. The summed E-state index contributed by atoms with van der Waals surface area (Å²) in [4.78, 5) is 19.3. The van der Waals surface area contributed by atoms with Crippen molar-refractivity contribution in [1.82, 2.24) is 20.2 Å². The molecule has 7 heterocycles. The maximum Gasteiger partial charge on any atom is 0.138 e. The number of fused-ring (bicyclic) bond motifs is 3. The molecule has 0 radical (unpaired) electrons. The van der Waals surface area contributed by atoms with Crippen molar-refractivity contribution >= 4 is 23.2 Å². The topological polar surface area (TPSA) is 106 Å². The SMILES string of the molecule is N#CC(=CN)c1ncc(C2=CCCCC2)cc1-c1ccc(N2CC3CC(C2)N3CC2=CC3=CC(N=C2)NC=C3)nc1. The lowest BCUT2D eigenvalue weighted by atomic mass is 9.86. The number of hydrogen-bond acceptors (Lipinski definition) is 8. The first kappa shape index (κ1) is 25.5. The zero-order valence-electron chi connectivity index (χ0n) is 23.1. The number of nitrogens with one attached hydrogen (secondary N) is 1. The molecule has 3 atom stereocenters. The van der Waals surface area contributed by atoms with Gasteiger partial charge >= 0.3 is 0 Å². The van der Waals surface area contributed by atoms with Gasteiger partial charge in [-0.25, -0.2) is 4.98 Å². The predicted octanol–water partition coefficient (Wildman–Crippen LogP) is 4.57. The Morgan fingerprint density at radius 2 is 2.02 bits per heavy atom. The van der Waals surface area contributed by atoms with E-state index in [1.54, 1.807) is 0 Å². The molecule has 2 aromatic rings. The standard InChI is InChI=1S/C33H34N8/c34-14-27(15-35)33-30(12-26(18-39-33)24-4-2-1-3-5-24)25-6-7-32(38-17-25)40-20-28-13-29(21-40)41(28)19-23-10-22-8-9-36-31(11-22)37-16-23/h4,6-12,14,16-18,28-29,31,36H,1-3,5,13,19-21,34H2. The van der Waals surface area contributed by atoms with Crippen LogP contribution in [0.4, 0.5) is 5.82 Å². The number of rotatable bonds is 6. The molecule has 6 aliphatic rings. The van der Waals surface area contributed by atoms with E-state index < -0.39 is 0 Å². The lowest BCUT2D eigenvalue weighted by Crippen LogP contribution is -2.69. The molecule has 3 N–H and O–H groups in total. The second kappa shape index (κ2) is 10.8. The number of pyridine rings is 2.